The van der Waals surface area contributed by atoms with Crippen molar-refractivity contribution in [1.29, 1.82) is 0 Å². The van der Waals surface area contributed by atoms with Crippen LogP contribution in [-0.2, 0) is 0 Å². The molecule has 1 aliphatic heterocycles. The van der Waals surface area contributed by atoms with E-state index < -0.39 is 28.4 Å². The van der Waals surface area contributed by atoms with Crippen molar-refractivity contribution >= 4 is 40.7 Å². The lowest BCUT2D eigenvalue weighted by Gasteiger charge is -2.22. The number of carboxylic acid groups (broad SMARTS) is 1. The van der Waals surface area contributed by atoms with Crippen molar-refractivity contribution in [2.24, 2.45) is 0 Å². The molecule has 0 fully saturated rings. The molecule has 11 heteroatoms. The lowest BCUT2D eigenvalue weighted by atomic mass is 10.0. The first-order valence-corrected chi connectivity index (χ1v) is 11.7. The van der Waals surface area contributed by atoms with Crippen molar-refractivity contribution in [2.45, 2.75) is 23.3 Å². The van der Waals surface area contributed by atoms with E-state index in [4.69, 9.17) is 11.6 Å². The molecule has 5 rings (SSSR count). The Morgan fingerprint density at radius 1 is 1.24 bits per heavy atom. The predicted octanol–water partition coefficient (Wildman–Crippen LogP) is 6.91. The molecule has 0 radical (unpaired) electrons. The molecule has 2 aromatic heterocycles. The van der Waals surface area contributed by atoms with Crippen LogP contribution in [0, 0.1) is 24.4 Å². The number of benzene rings is 2. The van der Waals surface area contributed by atoms with E-state index in [1.54, 1.807) is 19.9 Å². The fourth-order valence-corrected chi connectivity index (χ4v) is 6.63. The second-order valence-electron chi connectivity index (χ2n) is 7.38. The second kappa shape index (κ2) is 7.89. The molecule has 0 saturated carbocycles. The first-order chi connectivity index (χ1) is 15.7. The molecule has 0 bridgehead atoms. The molecule has 3 heterocycles. The van der Waals surface area contributed by atoms with Crippen molar-refractivity contribution in [3.05, 3.63) is 69.8 Å². The van der Waals surface area contributed by atoms with Gasteiger partial charge in [-0.2, -0.15) is 9.78 Å². The summed E-state index contributed by atoms with van der Waals surface area (Å²) in [6.07, 6.45) is 0. The highest BCUT2D eigenvalue weighted by Crippen LogP contribution is 2.53. The smallest absolute Gasteiger partial charge is 0.355 e. The lowest BCUT2D eigenvalue weighted by Crippen LogP contribution is -2.09. The Labute approximate surface area is 198 Å². The van der Waals surface area contributed by atoms with Crippen molar-refractivity contribution in [1.82, 2.24) is 14.8 Å². The number of aromatic nitrogens is 3. The molecule has 0 saturated heterocycles. The standard InChI is InChI=1S/C22H13ClF3N3O2S2/c1-8-14(10-4-3-5-11(24)6-10)19(20(30)31)29(28-8)22-27-18-12-7-13(25)16(23)17(26)15(12)9(2)32-21(18)33-22/h3-7,9H,1-2H3,(H,30,31). The van der Waals surface area contributed by atoms with Crippen LogP contribution in [0.3, 0.4) is 0 Å². The molecule has 1 atom stereocenters. The van der Waals surface area contributed by atoms with Gasteiger partial charge in [-0.25, -0.2) is 22.9 Å². The molecule has 1 N–H and O–H groups in total. The zero-order valence-corrected chi connectivity index (χ0v) is 19.4. The van der Waals surface area contributed by atoms with Crippen LogP contribution in [0.25, 0.3) is 27.5 Å². The van der Waals surface area contributed by atoms with Crippen LogP contribution in [0.5, 0.6) is 0 Å². The van der Waals surface area contributed by atoms with E-state index in [-0.39, 0.29) is 32.8 Å². The number of aryl methyl sites for hydroxylation is 1. The van der Waals surface area contributed by atoms with Crippen molar-refractivity contribution in [3.63, 3.8) is 0 Å². The van der Waals surface area contributed by atoms with Crippen molar-refractivity contribution in [3.8, 4) is 27.5 Å². The Kier molecular flexibility index (Phi) is 5.26. The number of nitrogens with zero attached hydrogens (tertiary/aromatic N) is 3. The molecular weight excluding hydrogens is 495 g/mol. The number of hydrogen-bond acceptors (Lipinski definition) is 5. The molecule has 5 nitrogen and oxygen atoms in total. The minimum absolute atomic E-state index is 0.184. The van der Waals surface area contributed by atoms with Gasteiger partial charge in [0.1, 0.15) is 22.5 Å². The molecule has 1 aliphatic rings. The number of halogens is 4. The van der Waals surface area contributed by atoms with Gasteiger partial charge < -0.3 is 5.11 Å². The quantitative estimate of drug-likeness (QED) is 0.305. The fourth-order valence-electron chi connectivity index (χ4n) is 3.91. The van der Waals surface area contributed by atoms with Gasteiger partial charge in [-0.15, -0.1) is 11.8 Å². The van der Waals surface area contributed by atoms with Gasteiger partial charge >= 0.3 is 5.97 Å². The highest BCUT2D eigenvalue weighted by Gasteiger charge is 2.33. The number of carbonyl (C=O) groups is 1. The molecule has 1 unspecified atom stereocenters. The molecule has 0 aliphatic carbocycles. The van der Waals surface area contributed by atoms with Gasteiger partial charge in [-0.3, -0.25) is 0 Å². The number of thioether (sulfide) groups is 1. The van der Waals surface area contributed by atoms with Crippen LogP contribution in [0.2, 0.25) is 5.02 Å². The summed E-state index contributed by atoms with van der Waals surface area (Å²) in [6.45, 7) is 3.39. The average Bonchev–Trinajstić information content (AvgIpc) is 3.32. The van der Waals surface area contributed by atoms with E-state index in [1.807, 2.05) is 0 Å². The summed E-state index contributed by atoms with van der Waals surface area (Å²) >= 11 is 8.25. The van der Waals surface area contributed by atoms with Gasteiger partial charge in [0.15, 0.2) is 5.69 Å². The number of thiazole rings is 1. The van der Waals surface area contributed by atoms with Gasteiger partial charge in [-0.1, -0.05) is 35.1 Å². The van der Waals surface area contributed by atoms with E-state index in [1.165, 1.54) is 34.6 Å². The average molecular weight is 508 g/mol. The number of rotatable bonds is 3. The van der Waals surface area contributed by atoms with Crippen LogP contribution in [-0.4, -0.2) is 25.8 Å². The maximum atomic E-state index is 14.7. The summed E-state index contributed by atoms with van der Waals surface area (Å²) in [5.41, 5.74) is 1.66. The predicted molar refractivity (Wildman–Crippen MR) is 121 cm³/mol. The zero-order chi connectivity index (χ0) is 23.6. The van der Waals surface area contributed by atoms with Gasteiger partial charge in [0.2, 0.25) is 5.13 Å². The minimum atomic E-state index is -1.27. The summed E-state index contributed by atoms with van der Waals surface area (Å²) in [5.74, 6) is -3.51. The van der Waals surface area contributed by atoms with Crippen LogP contribution in [0.1, 0.15) is 33.9 Å². The van der Waals surface area contributed by atoms with E-state index in [0.717, 1.165) is 17.4 Å². The van der Waals surface area contributed by atoms with Crippen LogP contribution in [0.15, 0.2) is 34.5 Å². The summed E-state index contributed by atoms with van der Waals surface area (Å²) in [7, 11) is 0. The van der Waals surface area contributed by atoms with Crippen molar-refractivity contribution < 1.29 is 23.1 Å². The number of fused-ring (bicyclic) bond motifs is 3. The molecule has 0 spiro atoms. The van der Waals surface area contributed by atoms with Crippen LogP contribution >= 0.6 is 34.7 Å². The first kappa shape index (κ1) is 22.0. The summed E-state index contributed by atoms with van der Waals surface area (Å²) in [6, 6.07) is 6.72. The third kappa shape index (κ3) is 3.44. The Morgan fingerprint density at radius 2 is 2.00 bits per heavy atom. The molecule has 168 valence electrons. The van der Waals surface area contributed by atoms with E-state index >= 15 is 0 Å². The van der Waals surface area contributed by atoms with Gasteiger partial charge in [0.25, 0.3) is 0 Å². The Balaban J connectivity index is 1.72. The molecule has 4 aromatic rings. The summed E-state index contributed by atoms with van der Waals surface area (Å²) < 4.78 is 44.6. The zero-order valence-electron chi connectivity index (χ0n) is 17.0. The van der Waals surface area contributed by atoms with Gasteiger partial charge in [0, 0.05) is 21.9 Å². The SMILES string of the molecule is Cc1nn(-c2nc3c(s2)SC(C)c2c-3cc(F)c(Cl)c2F)c(C(=O)O)c1-c1cccc(F)c1. The molecular formula is C22H13ClF3N3O2S2. The van der Waals surface area contributed by atoms with Crippen LogP contribution in [0.4, 0.5) is 13.2 Å². The molecule has 33 heavy (non-hydrogen) atoms. The summed E-state index contributed by atoms with van der Waals surface area (Å²) in [5, 5.41) is 13.6. The highest BCUT2D eigenvalue weighted by atomic mass is 35.5. The third-order valence-corrected chi connectivity index (χ3v) is 8.00. The second-order valence-corrected chi connectivity index (χ2v) is 10.3. The minimum Gasteiger partial charge on any atom is -0.476 e. The number of hydrogen-bond donors (Lipinski definition) is 1. The number of aromatic carboxylic acids is 1. The van der Waals surface area contributed by atoms with Crippen LogP contribution < -0.4 is 0 Å². The van der Waals surface area contributed by atoms with Gasteiger partial charge in [-0.05, 0) is 37.6 Å². The normalized spacial score (nSPS) is 14.8. The highest BCUT2D eigenvalue weighted by molar-refractivity contribution is 8.01. The Morgan fingerprint density at radius 3 is 2.70 bits per heavy atom. The third-order valence-electron chi connectivity index (χ3n) is 5.29. The van der Waals surface area contributed by atoms with Gasteiger partial charge in [0.05, 0.1) is 15.6 Å². The Hall–Kier alpha value is -2.82. The van der Waals surface area contributed by atoms with E-state index in [9.17, 15) is 23.1 Å². The topological polar surface area (TPSA) is 68.0 Å². The maximum Gasteiger partial charge on any atom is 0.355 e. The number of carboxylic acids is 1. The fraction of sp³-hybridized carbons (Fsp3) is 0.136. The Bertz CT molecular complexity index is 1470. The van der Waals surface area contributed by atoms with E-state index in [2.05, 4.69) is 10.1 Å². The lowest BCUT2D eigenvalue weighted by molar-refractivity contribution is 0.0688. The maximum absolute atomic E-state index is 14.7. The molecule has 0 amide bonds. The monoisotopic (exact) mass is 507 g/mol. The first-order valence-electron chi connectivity index (χ1n) is 9.61. The summed E-state index contributed by atoms with van der Waals surface area (Å²) in [4.78, 5) is 16.7. The van der Waals surface area contributed by atoms with E-state index in [0.29, 0.717) is 21.2 Å². The molecule has 2 aromatic carbocycles. The largest absolute Gasteiger partial charge is 0.476 e. The van der Waals surface area contributed by atoms with Crippen molar-refractivity contribution in [2.75, 3.05) is 0 Å².